The fourth-order valence-electron chi connectivity index (χ4n) is 2.15. The van der Waals surface area contributed by atoms with Gasteiger partial charge in [0, 0.05) is 18.3 Å². The zero-order valence-corrected chi connectivity index (χ0v) is 11.1. The molecule has 0 amide bonds. The lowest BCUT2D eigenvalue weighted by molar-refractivity contribution is 0.103. The topological polar surface area (TPSA) is 78.2 Å². The van der Waals surface area contributed by atoms with Crippen LogP contribution in [0.25, 0.3) is 11.1 Å². The number of nitrogens with zero attached hydrogens (tertiary/aromatic N) is 1. The zero-order chi connectivity index (χ0) is 15.1. The van der Waals surface area contributed by atoms with Gasteiger partial charge in [-0.05, 0) is 36.4 Å². The molecule has 0 aliphatic heterocycles. The predicted molar refractivity (Wildman–Crippen MR) is 75.7 cm³/mol. The van der Waals surface area contributed by atoms with Crippen LogP contribution >= 0.6 is 0 Å². The molecule has 0 aliphatic carbocycles. The van der Waals surface area contributed by atoms with Crippen molar-refractivity contribution in [2.45, 2.75) is 0 Å². The number of halogens is 1. The van der Waals surface area contributed by atoms with Gasteiger partial charge in [0.1, 0.15) is 5.82 Å². The van der Waals surface area contributed by atoms with Crippen LogP contribution in [0.2, 0.25) is 0 Å². The first kappa shape index (κ1) is 13.1. The number of carbonyl (C=O) groups excluding carboxylic acids is 1. The van der Waals surface area contributed by atoms with Crippen LogP contribution in [0.4, 0.5) is 10.1 Å². The van der Waals surface area contributed by atoms with Gasteiger partial charge in [-0.2, -0.15) is 0 Å². The van der Waals surface area contributed by atoms with Crippen molar-refractivity contribution < 1.29 is 13.6 Å². The van der Waals surface area contributed by atoms with Gasteiger partial charge in [0.2, 0.25) is 0 Å². The van der Waals surface area contributed by atoms with E-state index in [4.69, 9.17) is 10.2 Å². The van der Waals surface area contributed by atoms with E-state index in [1.165, 1.54) is 28.8 Å². The van der Waals surface area contributed by atoms with E-state index in [9.17, 15) is 14.0 Å². The highest BCUT2D eigenvalue weighted by atomic mass is 19.1. The first-order chi connectivity index (χ1) is 9.97. The molecule has 0 bridgehead atoms. The smallest absolute Gasteiger partial charge is 0.408 e. The number of nitrogen functional groups attached to an aromatic ring is 1. The molecule has 2 aromatic carbocycles. The molecule has 0 radical (unpaired) electrons. The molecule has 6 heteroatoms. The van der Waals surface area contributed by atoms with Crippen LogP contribution in [-0.4, -0.2) is 10.4 Å². The number of oxazole rings is 1. The number of benzene rings is 2. The van der Waals surface area contributed by atoms with Crippen molar-refractivity contribution in [2.24, 2.45) is 7.05 Å². The normalized spacial score (nSPS) is 11.0. The van der Waals surface area contributed by atoms with E-state index in [-0.39, 0.29) is 22.4 Å². The third-order valence-corrected chi connectivity index (χ3v) is 3.29. The Kier molecular flexibility index (Phi) is 2.86. The van der Waals surface area contributed by atoms with Crippen LogP contribution in [0.3, 0.4) is 0 Å². The Labute approximate surface area is 118 Å². The number of nitrogens with two attached hydrogens (primary N) is 1. The van der Waals surface area contributed by atoms with E-state index in [2.05, 4.69) is 0 Å². The summed E-state index contributed by atoms with van der Waals surface area (Å²) in [5, 5.41) is 0. The second-order valence-electron chi connectivity index (χ2n) is 4.68. The summed E-state index contributed by atoms with van der Waals surface area (Å²) in [5.41, 5.74) is 6.70. The number of ketones is 1. The maximum atomic E-state index is 13.8. The molecule has 0 atom stereocenters. The molecule has 1 aromatic heterocycles. The Morgan fingerprint density at radius 2 is 2.00 bits per heavy atom. The summed E-state index contributed by atoms with van der Waals surface area (Å²) in [4.78, 5) is 23.7. The predicted octanol–water partition coefficient (Wildman–Crippen LogP) is 2.08. The average Bonchev–Trinajstić information content (AvgIpc) is 2.73. The molecular formula is C15H11FN2O3. The van der Waals surface area contributed by atoms with E-state index in [1.54, 1.807) is 13.1 Å². The Bertz CT molecular complexity index is 924. The summed E-state index contributed by atoms with van der Waals surface area (Å²) in [7, 11) is 1.56. The van der Waals surface area contributed by atoms with Gasteiger partial charge < -0.3 is 10.2 Å². The van der Waals surface area contributed by atoms with Crippen molar-refractivity contribution in [2.75, 3.05) is 5.73 Å². The molecule has 2 N–H and O–H groups in total. The van der Waals surface area contributed by atoms with E-state index in [1.807, 2.05) is 0 Å². The van der Waals surface area contributed by atoms with E-state index in [0.717, 1.165) is 6.07 Å². The van der Waals surface area contributed by atoms with Crippen LogP contribution in [0.15, 0.2) is 45.6 Å². The number of hydrogen-bond acceptors (Lipinski definition) is 4. The van der Waals surface area contributed by atoms with Crippen LogP contribution in [0.5, 0.6) is 0 Å². The van der Waals surface area contributed by atoms with Crippen molar-refractivity contribution in [3.8, 4) is 0 Å². The molecule has 106 valence electrons. The number of aromatic nitrogens is 1. The summed E-state index contributed by atoms with van der Waals surface area (Å²) >= 11 is 0. The fraction of sp³-hybridized carbons (Fsp3) is 0.0667. The van der Waals surface area contributed by atoms with Gasteiger partial charge >= 0.3 is 5.76 Å². The number of aryl methyl sites for hydroxylation is 1. The SMILES string of the molecule is Cn1c(=O)oc2cc(C(=O)c3ccc(N)cc3F)ccc21. The first-order valence-electron chi connectivity index (χ1n) is 6.16. The van der Waals surface area contributed by atoms with Crippen molar-refractivity contribution in [3.05, 3.63) is 63.9 Å². The Morgan fingerprint density at radius 3 is 2.71 bits per heavy atom. The van der Waals surface area contributed by atoms with Crippen LogP contribution < -0.4 is 11.5 Å². The van der Waals surface area contributed by atoms with Gasteiger partial charge in [-0.3, -0.25) is 9.36 Å². The molecule has 5 nitrogen and oxygen atoms in total. The lowest BCUT2D eigenvalue weighted by Gasteiger charge is -2.04. The molecule has 0 saturated carbocycles. The zero-order valence-electron chi connectivity index (χ0n) is 11.1. The summed E-state index contributed by atoms with van der Waals surface area (Å²) in [5.74, 6) is -1.70. The Morgan fingerprint density at radius 1 is 1.24 bits per heavy atom. The second-order valence-corrected chi connectivity index (χ2v) is 4.68. The monoisotopic (exact) mass is 286 g/mol. The van der Waals surface area contributed by atoms with Crippen LogP contribution in [0.1, 0.15) is 15.9 Å². The maximum absolute atomic E-state index is 13.8. The number of carbonyl (C=O) groups is 1. The fourth-order valence-corrected chi connectivity index (χ4v) is 2.15. The average molecular weight is 286 g/mol. The highest BCUT2D eigenvalue weighted by molar-refractivity contribution is 6.10. The maximum Gasteiger partial charge on any atom is 0.419 e. The largest absolute Gasteiger partial charge is 0.419 e. The lowest BCUT2D eigenvalue weighted by Crippen LogP contribution is -2.08. The highest BCUT2D eigenvalue weighted by Crippen LogP contribution is 2.20. The van der Waals surface area contributed by atoms with E-state index >= 15 is 0 Å². The molecule has 1 heterocycles. The number of fused-ring (bicyclic) bond motifs is 1. The summed E-state index contributed by atoms with van der Waals surface area (Å²) in [6.07, 6.45) is 0. The van der Waals surface area contributed by atoms with Crippen molar-refractivity contribution in [1.82, 2.24) is 4.57 Å². The van der Waals surface area contributed by atoms with Gasteiger partial charge in [-0.25, -0.2) is 9.18 Å². The van der Waals surface area contributed by atoms with Gasteiger partial charge in [0.25, 0.3) is 0 Å². The van der Waals surface area contributed by atoms with Gasteiger partial charge in [-0.1, -0.05) is 0 Å². The number of anilines is 1. The molecular weight excluding hydrogens is 275 g/mol. The van der Waals surface area contributed by atoms with Gasteiger partial charge in [-0.15, -0.1) is 0 Å². The van der Waals surface area contributed by atoms with Crippen LogP contribution in [0, 0.1) is 5.82 Å². The minimum absolute atomic E-state index is 0.0816. The Balaban J connectivity index is 2.11. The molecule has 0 aliphatic rings. The first-order valence-corrected chi connectivity index (χ1v) is 6.16. The summed E-state index contributed by atoms with van der Waals surface area (Å²) in [6.45, 7) is 0. The van der Waals surface area contributed by atoms with E-state index < -0.39 is 17.4 Å². The number of hydrogen-bond donors (Lipinski definition) is 1. The third kappa shape index (κ3) is 2.10. The standard InChI is InChI=1S/C15H11FN2O3/c1-18-12-5-2-8(6-13(12)21-15(18)20)14(19)10-4-3-9(17)7-11(10)16/h2-7H,17H2,1H3. The molecule has 3 aromatic rings. The lowest BCUT2D eigenvalue weighted by atomic mass is 10.0. The van der Waals surface area contributed by atoms with Gasteiger partial charge in [0.15, 0.2) is 11.4 Å². The Hall–Kier alpha value is -2.89. The van der Waals surface area contributed by atoms with E-state index in [0.29, 0.717) is 5.52 Å². The summed E-state index contributed by atoms with van der Waals surface area (Å²) in [6, 6.07) is 8.41. The molecule has 0 unspecified atom stereocenters. The van der Waals surface area contributed by atoms with Crippen molar-refractivity contribution in [3.63, 3.8) is 0 Å². The highest BCUT2D eigenvalue weighted by Gasteiger charge is 2.16. The van der Waals surface area contributed by atoms with Gasteiger partial charge in [0.05, 0.1) is 11.1 Å². The minimum atomic E-state index is -0.686. The number of rotatable bonds is 2. The van der Waals surface area contributed by atoms with Crippen LogP contribution in [-0.2, 0) is 7.05 Å². The van der Waals surface area contributed by atoms with Crippen molar-refractivity contribution in [1.29, 1.82) is 0 Å². The summed E-state index contributed by atoms with van der Waals surface area (Å²) < 4.78 is 20.1. The molecule has 0 spiro atoms. The molecule has 3 rings (SSSR count). The molecule has 0 fully saturated rings. The minimum Gasteiger partial charge on any atom is -0.408 e. The second kappa shape index (κ2) is 4.59. The third-order valence-electron chi connectivity index (χ3n) is 3.29. The quantitative estimate of drug-likeness (QED) is 0.578. The van der Waals surface area contributed by atoms with Crippen molar-refractivity contribution >= 4 is 22.6 Å². The molecule has 21 heavy (non-hydrogen) atoms. The molecule has 0 saturated heterocycles.